The number of fused-ring (bicyclic) bond motifs is 1. The third-order valence-electron chi connectivity index (χ3n) is 8.67. The summed E-state index contributed by atoms with van der Waals surface area (Å²) in [5.41, 5.74) is 3.29. The number of para-hydroxylation sites is 1. The molecule has 1 aliphatic rings. The highest BCUT2D eigenvalue weighted by atomic mass is 79.9. The summed E-state index contributed by atoms with van der Waals surface area (Å²) in [7, 11) is 1.55. The van der Waals surface area contributed by atoms with Crippen LogP contribution in [0.3, 0.4) is 0 Å². The lowest BCUT2D eigenvalue weighted by Gasteiger charge is -2.31. The number of phenols is 1. The smallest absolute Gasteiger partial charge is 0.308 e. The van der Waals surface area contributed by atoms with Crippen LogP contribution in [-0.4, -0.2) is 63.9 Å². The number of nitrogens with zero attached hydrogens (tertiary/aromatic N) is 1. The SMILES string of the molecule is C/C1=C\[C@H](C)C[C@H](C)OC(=O)CC(c2ccc(O)cc2)NC(=O)[C@@H](Cc2c(Br)[nH]c3ccccc23)N(C)C(=O)[C@H](C)NC(=O)[C@@H](C)C1. The second-order valence-electron chi connectivity index (χ2n) is 12.9. The monoisotopic (exact) mass is 708 g/mol. The zero-order valence-corrected chi connectivity index (χ0v) is 29.4. The Balaban J connectivity index is 1.74. The number of likely N-dealkylation sites (N-methyl/N-ethyl adjacent to an activating group) is 1. The number of ether oxygens (including phenoxy) is 1. The molecule has 2 aromatic carbocycles. The van der Waals surface area contributed by atoms with Gasteiger partial charge in [0.25, 0.3) is 0 Å². The van der Waals surface area contributed by atoms with Crippen LogP contribution in [0.1, 0.15) is 71.0 Å². The van der Waals surface area contributed by atoms with Gasteiger partial charge in [-0.1, -0.05) is 55.8 Å². The Morgan fingerprint density at radius 3 is 2.32 bits per heavy atom. The molecule has 4 rings (SSSR count). The molecule has 0 aliphatic carbocycles. The number of phenolic OH excluding ortho intramolecular Hbond substituents is 1. The molecule has 6 atom stereocenters. The van der Waals surface area contributed by atoms with E-state index < -0.39 is 42.0 Å². The summed E-state index contributed by atoms with van der Waals surface area (Å²) in [5.74, 6) is -1.93. The van der Waals surface area contributed by atoms with Gasteiger partial charge in [0.1, 0.15) is 17.8 Å². The summed E-state index contributed by atoms with van der Waals surface area (Å²) < 4.78 is 6.47. The topological polar surface area (TPSA) is 141 Å². The number of amides is 3. The van der Waals surface area contributed by atoms with Gasteiger partial charge in [-0.3, -0.25) is 19.2 Å². The number of hydrogen-bond donors (Lipinski definition) is 4. The Bertz CT molecular complexity index is 1630. The lowest BCUT2D eigenvalue weighted by atomic mass is 9.95. The highest BCUT2D eigenvalue weighted by molar-refractivity contribution is 9.10. The molecule has 10 nitrogen and oxygen atoms in total. The van der Waals surface area contributed by atoms with E-state index in [0.29, 0.717) is 23.0 Å². The van der Waals surface area contributed by atoms with E-state index in [9.17, 15) is 24.3 Å². The van der Waals surface area contributed by atoms with Crippen LogP contribution < -0.4 is 10.6 Å². The third kappa shape index (κ3) is 9.24. The maximum absolute atomic E-state index is 14.3. The minimum atomic E-state index is -1.02. The molecule has 0 spiro atoms. The quantitative estimate of drug-likeness (QED) is 0.203. The van der Waals surface area contributed by atoms with E-state index in [0.717, 1.165) is 22.0 Å². The number of hydrogen-bond acceptors (Lipinski definition) is 6. The highest BCUT2D eigenvalue weighted by Gasteiger charge is 2.34. The first kappa shape index (κ1) is 35.7. The van der Waals surface area contributed by atoms with E-state index in [4.69, 9.17) is 4.74 Å². The van der Waals surface area contributed by atoms with E-state index in [1.807, 2.05) is 52.0 Å². The van der Waals surface area contributed by atoms with Crippen molar-refractivity contribution in [1.82, 2.24) is 20.5 Å². The van der Waals surface area contributed by atoms with Crippen LogP contribution in [-0.2, 0) is 30.3 Å². The maximum Gasteiger partial charge on any atom is 0.308 e. The number of rotatable bonds is 3. The fraction of sp³-hybridized carbons (Fsp3) is 0.444. The van der Waals surface area contributed by atoms with Gasteiger partial charge < -0.3 is 30.4 Å². The largest absolute Gasteiger partial charge is 0.508 e. The molecule has 0 fully saturated rings. The number of aromatic amines is 1. The standard InChI is InChI=1S/C36H45BrN4O6/c1-20-15-21(2)17-23(4)47-32(43)19-30(25-11-13-26(42)14-12-25)40-35(45)31(18-28-27-9-7-8-10-29(27)39-33(28)37)41(6)36(46)24(5)38-34(44)22(3)16-20/h7-15,21-24,30-31,39,42H,16-19H2,1-6H3,(H,38,44)(H,40,45)/b20-15+/t21-,22-,23-,24-,30?,31+/m0/s1. The number of carbonyl (C=O) groups excluding carboxylic acids is 4. The van der Waals surface area contributed by atoms with Gasteiger partial charge in [0.2, 0.25) is 17.7 Å². The molecule has 0 bridgehead atoms. The summed E-state index contributed by atoms with van der Waals surface area (Å²) >= 11 is 3.60. The highest BCUT2D eigenvalue weighted by Crippen LogP contribution is 2.29. The second kappa shape index (κ2) is 15.6. The minimum Gasteiger partial charge on any atom is -0.508 e. The van der Waals surface area contributed by atoms with Gasteiger partial charge in [-0.15, -0.1) is 0 Å². The molecule has 4 N–H and O–H groups in total. The van der Waals surface area contributed by atoms with Crippen molar-refractivity contribution in [3.8, 4) is 5.75 Å². The predicted molar refractivity (Wildman–Crippen MR) is 184 cm³/mol. The third-order valence-corrected chi connectivity index (χ3v) is 9.35. The normalized spacial score (nSPS) is 27.1. The Labute approximate surface area is 284 Å². The Morgan fingerprint density at radius 1 is 0.936 bits per heavy atom. The van der Waals surface area contributed by atoms with Crippen molar-refractivity contribution in [2.75, 3.05) is 7.05 Å². The van der Waals surface area contributed by atoms with Crippen molar-refractivity contribution in [3.05, 3.63) is 75.9 Å². The van der Waals surface area contributed by atoms with Gasteiger partial charge in [-0.25, -0.2) is 0 Å². The van der Waals surface area contributed by atoms with Gasteiger partial charge >= 0.3 is 5.97 Å². The number of aromatic nitrogens is 1. The number of benzene rings is 2. The van der Waals surface area contributed by atoms with Crippen LogP contribution in [0.4, 0.5) is 0 Å². The zero-order valence-electron chi connectivity index (χ0n) is 27.8. The Morgan fingerprint density at radius 2 is 1.62 bits per heavy atom. The average Bonchev–Trinajstić information content (AvgIpc) is 3.32. The maximum atomic E-state index is 14.3. The molecular weight excluding hydrogens is 664 g/mol. The molecule has 252 valence electrons. The van der Waals surface area contributed by atoms with Gasteiger partial charge in [-0.05, 0) is 84.8 Å². The number of nitrogens with one attached hydrogen (secondary N) is 3. The van der Waals surface area contributed by atoms with Crippen LogP contribution in [0.5, 0.6) is 5.75 Å². The number of cyclic esters (lactones) is 1. The molecule has 3 aromatic rings. The van der Waals surface area contributed by atoms with E-state index >= 15 is 0 Å². The van der Waals surface area contributed by atoms with Crippen LogP contribution in [0.25, 0.3) is 10.9 Å². The molecule has 0 saturated heterocycles. The first-order valence-electron chi connectivity index (χ1n) is 16.0. The number of esters is 1. The molecule has 47 heavy (non-hydrogen) atoms. The molecule has 1 aliphatic heterocycles. The van der Waals surface area contributed by atoms with Crippen molar-refractivity contribution < 1.29 is 29.0 Å². The molecule has 0 radical (unpaired) electrons. The summed E-state index contributed by atoms with van der Waals surface area (Å²) in [6, 6.07) is 11.2. The zero-order chi connectivity index (χ0) is 34.4. The molecule has 0 saturated carbocycles. The van der Waals surface area contributed by atoms with E-state index in [1.165, 1.54) is 17.0 Å². The van der Waals surface area contributed by atoms with Crippen molar-refractivity contribution >= 4 is 50.5 Å². The molecule has 3 amide bonds. The summed E-state index contributed by atoms with van der Waals surface area (Å²) in [6.07, 6.45) is 2.76. The van der Waals surface area contributed by atoms with Crippen molar-refractivity contribution in [3.63, 3.8) is 0 Å². The van der Waals surface area contributed by atoms with E-state index in [1.54, 1.807) is 26.1 Å². The van der Waals surface area contributed by atoms with Crippen LogP contribution in [0.15, 0.2) is 64.8 Å². The number of halogens is 1. The number of allylic oxidation sites excluding steroid dienone is 2. The van der Waals surface area contributed by atoms with Crippen LogP contribution >= 0.6 is 15.9 Å². The van der Waals surface area contributed by atoms with Crippen molar-refractivity contribution in [1.29, 1.82) is 0 Å². The number of aromatic hydroxyl groups is 1. The first-order valence-corrected chi connectivity index (χ1v) is 16.8. The van der Waals surface area contributed by atoms with E-state index in [2.05, 4.69) is 37.6 Å². The molecular formula is C36H45BrN4O6. The molecule has 1 aromatic heterocycles. The fourth-order valence-corrected chi connectivity index (χ4v) is 6.87. The van der Waals surface area contributed by atoms with E-state index in [-0.39, 0.29) is 36.3 Å². The molecule has 1 unspecified atom stereocenters. The van der Waals surface area contributed by atoms with Gasteiger partial charge in [0.15, 0.2) is 0 Å². The fourth-order valence-electron chi connectivity index (χ4n) is 6.28. The average molecular weight is 710 g/mol. The van der Waals surface area contributed by atoms with Crippen molar-refractivity contribution in [2.45, 2.75) is 84.5 Å². The van der Waals surface area contributed by atoms with Crippen LogP contribution in [0.2, 0.25) is 0 Å². The predicted octanol–water partition coefficient (Wildman–Crippen LogP) is 5.70. The van der Waals surface area contributed by atoms with Crippen LogP contribution in [0, 0.1) is 11.8 Å². The number of carbonyl (C=O) groups is 4. The Kier molecular flexibility index (Phi) is 11.9. The Hall–Kier alpha value is -4.12. The second-order valence-corrected chi connectivity index (χ2v) is 13.6. The summed E-state index contributed by atoms with van der Waals surface area (Å²) in [6.45, 7) is 9.27. The summed E-state index contributed by atoms with van der Waals surface area (Å²) in [4.78, 5) is 59.2. The van der Waals surface area contributed by atoms with Crippen molar-refractivity contribution in [2.24, 2.45) is 11.8 Å². The van der Waals surface area contributed by atoms with Gasteiger partial charge in [0.05, 0.1) is 23.2 Å². The first-order chi connectivity index (χ1) is 22.2. The lowest BCUT2D eigenvalue weighted by molar-refractivity contribution is -0.149. The van der Waals surface area contributed by atoms with Gasteiger partial charge in [0, 0.05) is 30.3 Å². The summed E-state index contributed by atoms with van der Waals surface area (Å²) in [5, 5.41) is 16.7. The van der Waals surface area contributed by atoms with Gasteiger partial charge in [-0.2, -0.15) is 0 Å². The lowest BCUT2D eigenvalue weighted by Crippen LogP contribution is -2.55. The number of H-pyrrole nitrogens is 1. The minimum absolute atomic E-state index is 0.0439. The molecule has 2 heterocycles. The molecule has 11 heteroatoms.